The minimum atomic E-state index is -0.534. The van der Waals surface area contributed by atoms with Gasteiger partial charge in [0.2, 0.25) is 0 Å². The summed E-state index contributed by atoms with van der Waals surface area (Å²) in [7, 11) is 1.55. The fourth-order valence-corrected chi connectivity index (χ4v) is 4.33. The Morgan fingerprint density at radius 1 is 0.892 bits per heavy atom. The first-order valence-electron chi connectivity index (χ1n) is 11.8. The van der Waals surface area contributed by atoms with E-state index in [9.17, 15) is 14.4 Å². The van der Waals surface area contributed by atoms with Crippen molar-refractivity contribution in [2.24, 2.45) is 0 Å². The van der Waals surface area contributed by atoms with Gasteiger partial charge in [0.05, 0.1) is 30.6 Å². The van der Waals surface area contributed by atoms with Gasteiger partial charge in [0.1, 0.15) is 11.4 Å². The van der Waals surface area contributed by atoms with Gasteiger partial charge in [-0.05, 0) is 55.3 Å². The Balaban J connectivity index is 1.61. The molecule has 2 N–H and O–H groups in total. The topological polar surface area (TPSA) is 96.4 Å². The zero-order chi connectivity index (χ0) is 26.1. The number of aromatic amines is 1. The second kappa shape index (κ2) is 9.66. The first kappa shape index (κ1) is 23.9. The molecule has 1 aliphatic heterocycles. The Labute approximate surface area is 213 Å². The maximum atomic E-state index is 13.6. The van der Waals surface area contributed by atoms with Gasteiger partial charge in [0.15, 0.2) is 0 Å². The van der Waals surface area contributed by atoms with E-state index in [0.29, 0.717) is 22.7 Å². The lowest BCUT2D eigenvalue weighted by molar-refractivity contribution is -0.123. The van der Waals surface area contributed by atoms with Crippen molar-refractivity contribution >= 4 is 18.0 Å². The number of ether oxygens (including phenoxy) is 1. The Morgan fingerprint density at radius 3 is 2.32 bits per heavy atom. The molecule has 0 unspecified atom stereocenters. The van der Waals surface area contributed by atoms with Crippen molar-refractivity contribution in [2.45, 2.75) is 20.4 Å². The minimum absolute atomic E-state index is 0.0295. The third kappa shape index (κ3) is 4.45. The Kier molecular flexibility index (Phi) is 6.23. The van der Waals surface area contributed by atoms with E-state index in [-0.39, 0.29) is 23.4 Å². The molecule has 5 rings (SSSR count). The van der Waals surface area contributed by atoms with Gasteiger partial charge in [-0.15, -0.1) is 0 Å². The lowest BCUT2D eigenvalue weighted by atomic mass is 10.1. The molecule has 0 atom stereocenters. The van der Waals surface area contributed by atoms with E-state index < -0.39 is 11.9 Å². The SMILES string of the molecule is COc1ccccc1-c1[nH]n(-c2ccc(C)cc2)c(=O)c1/C=C1\NC(=O)N(Cc2ccccc2C)C1=O. The number of carbonyl (C=O) groups excluding carboxylic acids is 2. The van der Waals surface area contributed by atoms with Gasteiger partial charge in [-0.2, -0.15) is 0 Å². The molecular formula is C29H26N4O4. The summed E-state index contributed by atoms with van der Waals surface area (Å²) in [5, 5.41) is 5.82. The summed E-state index contributed by atoms with van der Waals surface area (Å²) in [5.41, 5.74) is 4.55. The number of aryl methyl sites for hydroxylation is 2. The third-order valence-corrected chi connectivity index (χ3v) is 6.44. The Bertz CT molecular complexity index is 1590. The Hall–Kier alpha value is -4.85. The van der Waals surface area contributed by atoms with E-state index in [2.05, 4.69) is 10.4 Å². The molecule has 0 radical (unpaired) electrons. The third-order valence-electron chi connectivity index (χ3n) is 6.44. The highest BCUT2D eigenvalue weighted by atomic mass is 16.5. The van der Waals surface area contributed by atoms with E-state index in [4.69, 9.17) is 4.74 Å². The Morgan fingerprint density at radius 2 is 1.59 bits per heavy atom. The van der Waals surface area contributed by atoms with E-state index in [1.807, 2.05) is 80.6 Å². The van der Waals surface area contributed by atoms with Crippen molar-refractivity contribution in [1.29, 1.82) is 0 Å². The lowest BCUT2D eigenvalue weighted by Crippen LogP contribution is -2.30. The quantitative estimate of drug-likeness (QED) is 0.304. The minimum Gasteiger partial charge on any atom is -0.496 e. The zero-order valence-electron chi connectivity index (χ0n) is 20.7. The summed E-state index contributed by atoms with van der Waals surface area (Å²) >= 11 is 0. The van der Waals surface area contributed by atoms with Crippen LogP contribution in [0.5, 0.6) is 5.75 Å². The average Bonchev–Trinajstić information content (AvgIpc) is 3.36. The molecule has 3 amide bonds. The van der Waals surface area contributed by atoms with Crippen LogP contribution in [0.25, 0.3) is 23.0 Å². The fraction of sp³-hybridized carbons (Fsp3) is 0.138. The number of nitrogens with one attached hydrogen (secondary N) is 2. The standard InChI is InChI=1S/C29H26N4O4/c1-18-12-14-21(15-13-18)33-27(34)23(26(31-33)22-10-6-7-11-25(22)37-3)16-24-28(35)32(29(36)30-24)17-20-9-5-4-8-19(20)2/h4-16,31H,17H2,1-3H3,(H,30,36)/b24-16-. The number of carbonyl (C=O) groups is 2. The van der Waals surface area contributed by atoms with E-state index >= 15 is 0 Å². The van der Waals surface area contributed by atoms with E-state index in [1.165, 1.54) is 10.8 Å². The van der Waals surface area contributed by atoms with Crippen molar-refractivity contribution in [2.75, 3.05) is 7.11 Å². The van der Waals surface area contributed by atoms with Crippen LogP contribution in [0.15, 0.2) is 83.3 Å². The smallest absolute Gasteiger partial charge is 0.329 e. The number of H-pyrrole nitrogens is 1. The molecule has 1 fully saturated rings. The van der Waals surface area contributed by atoms with Gasteiger partial charge >= 0.3 is 6.03 Å². The van der Waals surface area contributed by atoms with Crippen LogP contribution in [0.2, 0.25) is 0 Å². The molecule has 186 valence electrons. The van der Waals surface area contributed by atoms with E-state index in [0.717, 1.165) is 21.6 Å². The highest BCUT2D eigenvalue weighted by Gasteiger charge is 2.34. The van der Waals surface area contributed by atoms with Crippen LogP contribution in [-0.4, -0.2) is 33.7 Å². The van der Waals surface area contributed by atoms with E-state index in [1.54, 1.807) is 13.2 Å². The van der Waals surface area contributed by atoms with Crippen molar-refractivity contribution < 1.29 is 14.3 Å². The number of imide groups is 1. The van der Waals surface area contributed by atoms with Crippen LogP contribution >= 0.6 is 0 Å². The predicted molar refractivity (Wildman–Crippen MR) is 141 cm³/mol. The van der Waals surface area contributed by atoms with Crippen LogP contribution in [-0.2, 0) is 11.3 Å². The number of amides is 3. The van der Waals surface area contributed by atoms with Gasteiger partial charge in [-0.3, -0.25) is 19.6 Å². The number of urea groups is 1. The number of methoxy groups -OCH3 is 1. The molecule has 0 saturated carbocycles. The number of aromatic nitrogens is 2. The molecule has 0 bridgehead atoms. The number of rotatable bonds is 6. The molecule has 1 aromatic heterocycles. The molecule has 3 aromatic carbocycles. The normalized spacial score (nSPS) is 14.4. The van der Waals surface area contributed by atoms with Gasteiger partial charge in [-0.1, -0.05) is 54.1 Å². The molecule has 4 aromatic rings. The fourth-order valence-electron chi connectivity index (χ4n) is 4.33. The molecule has 2 heterocycles. The maximum Gasteiger partial charge on any atom is 0.329 e. The summed E-state index contributed by atoms with van der Waals surface area (Å²) in [6.45, 7) is 4.03. The molecular weight excluding hydrogens is 468 g/mol. The number of para-hydroxylation sites is 1. The molecule has 0 spiro atoms. The largest absolute Gasteiger partial charge is 0.496 e. The summed E-state index contributed by atoms with van der Waals surface area (Å²) in [6.07, 6.45) is 1.43. The molecule has 1 saturated heterocycles. The van der Waals surface area contributed by atoms with Crippen LogP contribution in [0.3, 0.4) is 0 Å². The number of benzene rings is 3. The van der Waals surface area contributed by atoms with Gasteiger partial charge < -0.3 is 10.1 Å². The molecule has 1 aliphatic rings. The average molecular weight is 495 g/mol. The van der Waals surface area contributed by atoms with Crippen molar-refractivity contribution in [1.82, 2.24) is 20.0 Å². The monoisotopic (exact) mass is 494 g/mol. The number of hydrogen-bond donors (Lipinski definition) is 2. The molecule has 0 aliphatic carbocycles. The van der Waals surface area contributed by atoms with Crippen molar-refractivity contribution in [3.05, 3.63) is 111 Å². The highest BCUT2D eigenvalue weighted by Crippen LogP contribution is 2.31. The van der Waals surface area contributed by atoms with Crippen LogP contribution in [0.1, 0.15) is 22.3 Å². The summed E-state index contributed by atoms with van der Waals surface area (Å²) in [5.74, 6) is 0.0594. The zero-order valence-corrected chi connectivity index (χ0v) is 20.7. The number of hydrogen-bond acceptors (Lipinski definition) is 4. The van der Waals surface area contributed by atoms with Crippen LogP contribution < -0.4 is 15.6 Å². The molecule has 8 heteroatoms. The summed E-state index contributed by atoms with van der Waals surface area (Å²) in [4.78, 5) is 40.8. The summed E-state index contributed by atoms with van der Waals surface area (Å²) < 4.78 is 6.95. The maximum absolute atomic E-state index is 13.6. The van der Waals surface area contributed by atoms with Crippen molar-refractivity contribution in [3.8, 4) is 22.7 Å². The highest BCUT2D eigenvalue weighted by molar-refractivity contribution is 6.14. The van der Waals surface area contributed by atoms with Gasteiger partial charge in [-0.25, -0.2) is 9.48 Å². The van der Waals surface area contributed by atoms with Crippen molar-refractivity contribution in [3.63, 3.8) is 0 Å². The lowest BCUT2D eigenvalue weighted by Gasteiger charge is -2.13. The predicted octanol–water partition coefficient (Wildman–Crippen LogP) is 4.55. The van der Waals surface area contributed by atoms with Crippen LogP contribution in [0.4, 0.5) is 4.79 Å². The summed E-state index contributed by atoms with van der Waals surface area (Å²) in [6, 6.07) is 21.8. The number of nitrogens with zero attached hydrogens (tertiary/aromatic N) is 2. The first-order valence-corrected chi connectivity index (χ1v) is 11.8. The molecule has 37 heavy (non-hydrogen) atoms. The second-order valence-electron chi connectivity index (χ2n) is 8.88. The molecule has 8 nitrogen and oxygen atoms in total. The van der Waals surface area contributed by atoms with Gasteiger partial charge in [0, 0.05) is 5.56 Å². The van der Waals surface area contributed by atoms with Crippen LogP contribution in [0, 0.1) is 13.8 Å². The van der Waals surface area contributed by atoms with Gasteiger partial charge in [0.25, 0.3) is 11.5 Å². The second-order valence-corrected chi connectivity index (χ2v) is 8.88. The first-order chi connectivity index (χ1) is 17.9.